The zero-order chi connectivity index (χ0) is 15.0. The molecular formula is C17H30N2S. The summed E-state index contributed by atoms with van der Waals surface area (Å²) in [7, 11) is 4.31. The minimum absolute atomic E-state index is 0.450. The van der Waals surface area contributed by atoms with Crippen LogP contribution in [0.3, 0.4) is 0 Å². The SMILES string of the molecule is CNC(CCN(C)C(C)CCSC)c1ccccc1C. The van der Waals surface area contributed by atoms with Crippen LogP contribution in [0.2, 0.25) is 0 Å². The normalized spacial score (nSPS) is 14.5. The molecule has 1 rings (SSSR count). The third-order valence-electron chi connectivity index (χ3n) is 4.18. The van der Waals surface area contributed by atoms with E-state index in [0.29, 0.717) is 12.1 Å². The smallest absolute Gasteiger partial charge is 0.0332 e. The molecular weight excluding hydrogens is 264 g/mol. The molecule has 0 saturated carbocycles. The molecule has 2 atom stereocenters. The molecule has 0 amide bonds. The molecule has 2 unspecified atom stereocenters. The van der Waals surface area contributed by atoms with Crippen LogP contribution in [-0.2, 0) is 0 Å². The number of nitrogens with zero attached hydrogens (tertiary/aromatic N) is 1. The van der Waals surface area contributed by atoms with Gasteiger partial charge in [-0.1, -0.05) is 24.3 Å². The van der Waals surface area contributed by atoms with E-state index in [1.54, 1.807) is 0 Å². The number of hydrogen-bond acceptors (Lipinski definition) is 3. The Morgan fingerprint density at radius 2 is 1.95 bits per heavy atom. The first-order chi connectivity index (χ1) is 9.60. The quantitative estimate of drug-likeness (QED) is 0.747. The summed E-state index contributed by atoms with van der Waals surface area (Å²) in [5.41, 5.74) is 2.81. The summed E-state index contributed by atoms with van der Waals surface area (Å²) in [4.78, 5) is 2.48. The van der Waals surface area contributed by atoms with Crippen molar-refractivity contribution in [2.45, 2.75) is 38.8 Å². The fraction of sp³-hybridized carbons (Fsp3) is 0.647. The predicted octanol–water partition coefficient (Wildman–Crippen LogP) is 3.72. The Morgan fingerprint density at radius 1 is 1.25 bits per heavy atom. The maximum absolute atomic E-state index is 3.47. The van der Waals surface area contributed by atoms with E-state index in [9.17, 15) is 0 Å². The van der Waals surface area contributed by atoms with Crippen LogP contribution in [0.5, 0.6) is 0 Å². The Balaban J connectivity index is 2.51. The summed E-state index contributed by atoms with van der Waals surface area (Å²) in [6.07, 6.45) is 4.61. The lowest BCUT2D eigenvalue weighted by molar-refractivity contribution is 0.240. The van der Waals surface area contributed by atoms with Crippen molar-refractivity contribution in [3.05, 3.63) is 35.4 Å². The molecule has 1 aromatic rings. The Morgan fingerprint density at radius 3 is 2.55 bits per heavy atom. The van der Waals surface area contributed by atoms with Crippen LogP contribution in [0.25, 0.3) is 0 Å². The van der Waals surface area contributed by atoms with E-state index in [1.807, 2.05) is 11.8 Å². The van der Waals surface area contributed by atoms with Gasteiger partial charge in [0, 0.05) is 12.1 Å². The zero-order valence-electron chi connectivity index (χ0n) is 13.6. The minimum Gasteiger partial charge on any atom is -0.313 e. The van der Waals surface area contributed by atoms with Gasteiger partial charge in [-0.05, 0) is 70.5 Å². The first kappa shape index (κ1) is 17.5. The standard InChI is InChI=1S/C17H30N2S/c1-14-8-6-7-9-16(14)17(18-3)10-12-19(4)15(2)11-13-20-5/h6-9,15,17-18H,10-13H2,1-5H3. The molecule has 20 heavy (non-hydrogen) atoms. The highest BCUT2D eigenvalue weighted by Crippen LogP contribution is 2.21. The van der Waals surface area contributed by atoms with Gasteiger partial charge in [0.25, 0.3) is 0 Å². The van der Waals surface area contributed by atoms with E-state index in [1.165, 1.54) is 23.3 Å². The van der Waals surface area contributed by atoms with Gasteiger partial charge in [-0.2, -0.15) is 11.8 Å². The lowest BCUT2D eigenvalue weighted by atomic mass is 9.98. The first-order valence-corrected chi connectivity index (χ1v) is 8.91. The lowest BCUT2D eigenvalue weighted by Crippen LogP contribution is -2.32. The summed E-state index contributed by atoms with van der Waals surface area (Å²) >= 11 is 1.94. The van der Waals surface area contributed by atoms with Crippen LogP contribution in [0.15, 0.2) is 24.3 Å². The summed E-state index contributed by atoms with van der Waals surface area (Å²) in [6, 6.07) is 9.81. The topological polar surface area (TPSA) is 15.3 Å². The van der Waals surface area contributed by atoms with Crippen LogP contribution >= 0.6 is 11.8 Å². The van der Waals surface area contributed by atoms with Gasteiger partial charge in [0.1, 0.15) is 0 Å². The number of aryl methyl sites for hydroxylation is 1. The highest BCUT2D eigenvalue weighted by Gasteiger charge is 2.14. The average Bonchev–Trinajstić information content (AvgIpc) is 2.46. The summed E-state index contributed by atoms with van der Waals surface area (Å²) in [6.45, 7) is 5.66. The molecule has 0 bridgehead atoms. The van der Waals surface area contributed by atoms with Crippen LogP contribution in [0.1, 0.15) is 36.9 Å². The number of nitrogens with one attached hydrogen (secondary N) is 1. The molecule has 1 aromatic carbocycles. The van der Waals surface area contributed by atoms with E-state index in [4.69, 9.17) is 0 Å². The van der Waals surface area contributed by atoms with Crippen molar-refractivity contribution >= 4 is 11.8 Å². The van der Waals surface area contributed by atoms with Crippen LogP contribution in [0, 0.1) is 6.92 Å². The molecule has 3 heteroatoms. The predicted molar refractivity (Wildman–Crippen MR) is 92.7 cm³/mol. The van der Waals surface area contributed by atoms with Gasteiger partial charge >= 0.3 is 0 Å². The van der Waals surface area contributed by atoms with Crippen molar-refractivity contribution < 1.29 is 0 Å². The molecule has 0 saturated heterocycles. The second kappa shape index (κ2) is 9.43. The van der Waals surface area contributed by atoms with Crippen molar-refractivity contribution in [3.8, 4) is 0 Å². The molecule has 0 aromatic heterocycles. The van der Waals surface area contributed by atoms with Gasteiger partial charge in [0.15, 0.2) is 0 Å². The second-order valence-electron chi connectivity index (χ2n) is 5.60. The Labute approximate surface area is 129 Å². The molecule has 0 fully saturated rings. The molecule has 2 nitrogen and oxygen atoms in total. The van der Waals surface area contributed by atoms with Gasteiger partial charge in [0.2, 0.25) is 0 Å². The van der Waals surface area contributed by atoms with Crippen molar-refractivity contribution in [1.82, 2.24) is 10.2 Å². The van der Waals surface area contributed by atoms with Crippen molar-refractivity contribution in [2.24, 2.45) is 0 Å². The molecule has 0 aliphatic heterocycles. The summed E-state index contributed by atoms with van der Waals surface area (Å²) in [5, 5.41) is 3.47. The van der Waals surface area contributed by atoms with Gasteiger partial charge in [0.05, 0.1) is 0 Å². The average molecular weight is 295 g/mol. The van der Waals surface area contributed by atoms with E-state index >= 15 is 0 Å². The summed E-state index contributed by atoms with van der Waals surface area (Å²) in [5.74, 6) is 1.25. The van der Waals surface area contributed by atoms with Gasteiger partial charge in [-0.25, -0.2) is 0 Å². The maximum atomic E-state index is 3.47. The zero-order valence-corrected chi connectivity index (χ0v) is 14.5. The number of rotatable bonds is 9. The van der Waals surface area contributed by atoms with E-state index in [2.05, 4.69) is 68.7 Å². The highest BCUT2D eigenvalue weighted by atomic mass is 32.2. The molecule has 0 heterocycles. The minimum atomic E-state index is 0.450. The van der Waals surface area contributed by atoms with Crippen LogP contribution in [-0.4, -0.2) is 43.6 Å². The van der Waals surface area contributed by atoms with E-state index in [0.717, 1.165) is 13.0 Å². The Bertz CT molecular complexity index is 381. The molecule has 0 radical (unpaired) electrons. The number of hydrogen-bond donors (Lipinski definition) is 1. The molecule has 0 aliphatic carbocycles. The monoisotopic (exact) mass is 294 g/mol. The molecule has 114 valence electrons. The highest BCUT2D eigenvalue weighted by molar-refractivity contribution is 7.98. The molecule has 0 spiro atoms. The Kier molecular flexibility index (Phi) is 8.27. The lowest BCUT2D eigenvalue weighted by Gasteiger charge is -2.27. The van der Waals surface area contributed by atoms with Gasteiger partial charge in [-0.15, -0.1) is 0 Å². The first-order valence-electron chi connectivity index (χ1n) is 7.52. The van der Waals surface area contributed by atoms with Crippen LogP contribution in [0.4, 0.5) is 0 Å². The largest absolute Gasteiger partial charge is 0.313 e. The summed E-state index contributed by atoms with van der Waals surface area (Å²) < 4.78 is 0. The van der Waals surface area contributed by atoms with Crippen molar-refractivity contribution in [1.29, 1.82) is 0 Å². The van der Waals surface area contributed by atoms with E-state index in [-0.39, 0.29) is 0 Å². The third kappa shape index (κ3) is 5.47. The van der Waals surface area contributed by atoms with Crippen LogP contribution < -0.4 is 5.32 Å². The number of benzene rings is 1. The van der Waals surface area contributed by atoms with E-state index < -0.39 is 0 Å². The second-order valence-corrected chi connectivity index (χ2v) is 6.58. The Hall–Kier alpha value is -0.510. The van der Waals surface area contributed by atoms with Crippen molar-refractivity contribution in [3.63, 3.8) is 0 Å². The third-order valence-corrected chi connectivity index (χ3v) is 4.82. The number of thioether (sulfide) groups is 1. The fourth-order valence-corrected chi connectivity index (χ4v) is 3.07. The van der Waals surface area contributed by atoms with Crippen molar-refractivity contribution in [2.75, 3.05) is 32.6 Å². The maximum Gasteiger partial charge on any atom is 0.0332 e. The fourth-order valence-electron chi connectivity index (χ4n) is 2.50. The molecule has 0 aliphatic rings. The molecule has 1 N–H and O–H groups in total. The van der Waals surface area contributed by atoms with Gasteiger partial charge < -0.3 is 10.2 Å². The van der Waals surface area contributed by atoms with Gasteiger partial charge in [-0.3, -0.25) is 0 Å².